The molecule has 0 fully saturated rings. The Hall–Kier alpha value is -2.62. The highest BCUT2D eigenvalue weighted by molar-refractivity contribution is 6.09. The van der Waals surface area contributed by atoms with Crippen LogP contribution < -0.4 is 10.6 Å². The topological polar surface area (TPSA) is 58.2 Å². The zero-order valence-electron chi connectivity index (χ0n) is 11.4. The summed E-state index contributed by atoms with van der Waals surface area (Å²) in [6.07, 6.45) is 0.558. The fourth-order valence-corrected chi connectivity index (χ4v) is 2.12. The van der Waals surface area contributed by atoms with Crippen molar-refractivity contribution in [1.82, 2.24) is 0 Å². The summed E-state index contributed by atoms with van der Waals surface area (Å²) >= 11 is 0. The molecule has 0 heterocycles. The third-order valence-electron chi connectivity index (χ3n) is 2.87. The Balaban J connectivity index is 2.26. The first-order valence-electron chi connectivity index (χ1n) is 6.29. The van der Waals surface area contributed by atoms with Gasteiger partial charge in [-0.1, -0.05) is 18.2 Å². The maximum absolute atomic E-state index is 12.3. The maximum Gasteiger partial charge on any atom is 0.257 e. The van der Waals surface area contributed by atoms with Gasteiger partial charge in [0, 0.05) is 5.69 Å². The lowest BCUT2D eigenvalue weighted by atomic mass is 10.1. The molecule has 0 aliphatic rings. The number of carbonyl (C=O) groups is 2. The molecule has 0 saturated heterocycles. The molecule has 0 atom stereocenters. The molecule has 20 heavy (non-hydrogen) atoms. The number of rotatable bonds is 4. The first-order chi connectivity index (χ1) is 9.60. The minimum Gasteiger partial charge on any atom is -0.328 e. The summed E-state index contributed by atoms with van der Waals surface area (Å²) in [6, 6.07) is 12.7. The number of aryl methyl sites for hydroxylation is 2. The molecule has 0 bridgehead atoms. The van der Waals surface area contributed by atoms with E-state index in [1.807, 2.05) is 32.0 Å². The molecule has 4 heteroatoms. The van der Waals surface area contributed by atoms with E-state index in [0.717, 1.165) is 16.8 Å². The molecule has 2 N–H and O–H groups in total. The van der Waals surface area contributed by atoms with Crippen LogP contribution in [0.2, 0.25) is 0 Å². The van der Waals surface area contributed by atoms with Gasteiger partial charge in [-0.2, -0.15) is 0 Å². The van der Waals surface area contributed by atoms with Crippen LogP contribution in [0.25, 0.3) is 0 Å². The molecule has 0 spiro atoms. The molecule has 2 aromatic rings. The Morgan fingerprint density at radius 2 is 1.70 bits per heavy atom. The highest BCUT2D eigenvalue weighted by atomic mass is 16.2. The fraction of sp³-hybridized carbons (Fsp3) is 0.125. The molecule has 2 rings (SSSR count). The average Bonchev–Trinajstić information content (AvgIpc) is 2.38. The largest absolute Gasteiger partial charge is 0.328 e. The normalized spacial score (nSPS) is 9.90. The van der Waals surface area contributed by atoms with E-state index in [9.17, 15) is 9.59 Å². The fourth-order valence-electron chi connectivity index (χ4n) is 2.12. The first kappa shape index (κ1) is 13.8. The van der Waals surface area contributed by atoms with Crippen LogP contribution in [0.4, 0.5) is 11.4 Å². The molecule has 102 valence electrons. The second-order valence-corrected chi connectivity index (χ2v) is 4.64. The Kier molecular flexibility index (Phi) is 4.15. The number of hydrogen-bond donors (Lipinski definition) is 2. The van der Waals surface area contributed by atoms with Crippen LogP contribution in [0.3, 0.4) is 0 Å². The van der Waals surface area contributed by atoms with Gasteiger partial charge in [0.05, 0.1) is 11.3 Å². The minimum absolute atomic E-state index is 0.250. The Morgan fingerprint density at radius 3 is 2.35 bits per heavy atom. The van der Waals surface area contributed by atoms with Gasteiger partial charge in [-0.3, -0.25) is 9.59 Å². The van der Waals surface area contributed by atoms with Gasteiger partial charge in [0.2, 0.25) is 6.41 Å². The molecule has 0 aromatic heterocycles. The lowest BCUT2D eigenvalue weighted by Crippen LogP contribution is -2.14. The summed E-state index contributed by atoms with van der Waals surface area (Å²) in [6.45, 7) is 3.95. The molecular formula is C16H16N2O2. The van der Waals surface area contributed by atoms with Crippen molar-refractivity contribution in [2.24, 2.45) is 0 Å². The predicted octanol–water partition coefficient (Wildman–Crippen LogP) is 3.12. The predicted molar refractivity (Wildman–Crippen MR) is 80.0 cm³/mol. The summed E-state index contributed by atoms with van der Waals surface area (Å²) < 4.78 is 0. The van der Waals surface area contributed by atoms with Crippen molar-refractivity contribution in [2.75, 3.05) is 10.6 Å². The van der Waals surface area contributed by atoms with Crippen LogP contribution in [0.15, 0.2) is 42.5 Å². The molecule has 0 unspecified atom stereocenters. The summed E-state index contributed by atoms with van der Waals surface area (Å²) in [5.74, 6) is -0.250. The van der Waals surface area contributed by atoms with Crippen molar-refractivity contribution in [3.8, 4) is 0 Å². The third kappa shape index (κ3) is 3.23. The third-order valence-corrected chi connectivity index (χ3v) is 2.87. The van der Waals surface area contributed by atoms with Gasteiger partial charge in [-0.25, -0.2) is 0 Å². The summed E-state index contributed by atoms with van der Waals surface area (Å²) in [4.78, 5) is 22.8. The molecule has 0 aliphatic heterocycles. The molecule has 0 radical (unpaired) electrons. The number of para-hydroxylation sites is 1. The van der Waals surface area contributed by atoms with Gasteiger partial charge in [0.25, 0.3) is 5.91 Å². The maximum atomic E-state index is 12.3. The zero-order chi connectivity index (χ0) is 14.5. The average molecular weight is 268 g/mol. The van der Waals surface area contributed by atoms with Crippen molar-refractivity contribution in [2.45, 2.75) is 13.8 Å². The number of nitrogens with one attached hydrogen (secondary N) is 2. The minimum atomic E-state index is -0.250. The van der Waals surface area contributed by atoms with Crippen LogP contribution in [0.1, 0.15) is 21.5 Å². The monoisotopic (exact) mass is 268 g/mol. The number of anilines is 2. The quantitative estimate of drug-likeness (QED) is 0.837. The number of carbonyl (C=O) groups excluding carboxylic acids is 2. The SMILES string of the molecule is Cc1cc(C)cc(NC(=O)c2ccccc2NC=O)c1. The molecule has 4 nitrogen and oxygen atoms in total. The van der Waals surface area contributed by atoms with E-state index < -0.39 is 0 Å². The van der Waals surface area contributed by atoms with Gasteiger partial charge >= 0.3 is 0 Å². The molecular weight excluding hydrogens is 252 g/mol. The van der Waals surface area contributed by atoms with E-state index >= 15 is 0 Å². The van der Waals surface area contributed by atoms with Gasteiger partial charge < -0.3 is 10.6 Å². The van der Waals surface area contributed by atoms with Crippen molar-refractivity contribution >= 4 is 23.7 Å². The van der Waals surface area contributed by atoms with Crippen molar-refractivity contribution in [3.05, 3.63) is 59.2 Å². The lowest BCUT2D eigenvalue weighted by Gasteiger charge is -2.10. The number of benzene rings is 2. The zero-order valence-corrected chi connectivity index (χ0v) is 11.4. The van der Waals surface area contributed by atoms with Crippen LogP contribution in [0.5, 0.6) is 0 Å². The van der Waals surface area contributed by atoms with Gasteiger partial charge in [0.15, 0.2) is 0 Å². The Bertz CT molecular complexity index is 630. The molecule has 0 saturated carbocycles. The van der Waals surface area contributed by atoms with E-state index in [0.29, 0.717) is 17.7 Å². The smallest absolute Gasteiger partial charge is 0.257 e. The van der Waals surface area contributed by atoms with Crippen LogP contribution in [-0.2, 0) is 4.79 Å². The van der Waals surface area contributed by atoms with Gasteiger partial charge in [0.1, 0.15) is 0 Å². The summed E-state index contributed by atoms with van der Waals surface area (Å²) in [7, 11) is 0. The van der Waals surface area contributed by atoms with E-state index in [1.165, 1.54) is 0 Å². The van der Waals surface area contributed by atoms with Crippen LogP contribution in [-0.4, -0.2) is 12.3 Å². The van der Waals surface area contributed by atoms with E-state index in [1.54, 1.807) is 24.3 Å². The molecule has 2 amide bonds. The lowest BCUT2D eigenvalue weighted by molar-refractivity contribution is -0.105. The van der Waals surface area contributed by atoms with Crippen LogP contribution >= 0.6 is 0 Å². The van der Waals surface area contributed by atoms with Crippen molar-refractivity contribution in [1.29, 1.82) is 0 Å². The standard InChI is InChI=1S/C16H16N2O2/c1-11-7-12(2)9-13(8-11)18-16(20)14-5-3-4-6-15(14)17-10-19/h3-10H,1-2H3,(H,17,19)(H,18,20). The number of amides is 2. The number of hydrogen-bond acceptors (Lipinski definition) is 2. The Morgan fingerprint density at radius 1 is 1.05 bits per heavy atom. The van der Waals surface area contributed by atoms with E-state index in [2.05, 4.69) is 10.6 Å². The second-order valence-electron chi connectivity index (χ2n) is 4.64. The first-order valence-corrected chi connectivity index (χ1v) is 6.29. The highest BCUT2D eigenvalue weighted by Crippen LogP contribution is 2.18. The van der Waals surface area contributed by atoms with Gasteiger partial charge in [-0.05, 0) is 49.2 Å². The molecule has 0 aliphatic carbocycles. The van der Waals surface area contributed by atoms with Crippen LogP contribution in [0, 0.1) is 13.8 Å². The van der Waals surface area contributed by atoms with Crippen molar-refractivity contribution in [3.63, 3.8) is 0 Å². The second kappa shape index (κ2) is 6.02. The van der Waals surface area contributed by atoms with Gasteiger partial charge in [-0.15, -0.1) is 0 Å². The van der Waals surface area contributed by atoms with E-state index in [-0.39, 0.29) is 5.91 Å². The highest BCUT2D eigenvalue weighted by Gasteiger charge is 2.11. The Labute approximate surface area is 117 Å². The summed E-state index contributed by atoms with van der Waals surface area (Å²) in [5, 5.41) is 5.37. The van der Waals surface area contributed by atoms with Crippen molar-refractivity contribution < 1.29 is 9.59 Å². The summed E-state index contributed by atoms with van der Waals surface area (Å²) in [5.41, 5.74) is 3.83. The molecule has 2 aromatic carbocycles. The van der Waals surface area contributed by atoms with E-state index in [4.69, 9.17) is 0 Å².